The molecule has 1 aliphatic carbocycles. The Bertz CT molecular complexity index is 467. The minimum Gasteiger partial charge on any atom is -0.480 e. The number of amides is 1. The molecule has 0 radical (unpaired) electrons. The van der Waals surface area contributed by atoms with E-state index in [1.54, 1.807) is 0 Å². The molecule has 6 nitrogen and oxygen atoms in total. The maximum absolute atomic E-state index is 11.7. The van der Waals surface area contributed by atoms with E-state index in [0.29, 0.717) is 10.4 Å². The minimum absolute atomic E-state index is 0.208. The summed E-state index contributed by atoms with van der Waals surface area (Å²) in [5.41, 5.74) is 1.12. The number of rotatable bonds is 4. The summed E-state index contributed by atoms with van der Waals surface area (Å²) < 4.78 is 0.634. The van der Waals surface area contributed by atoms with Crippen LogP contribution < -0.4 is 5.32 Å². The standard InChI is InChI=1S/C10H12BrN3O3/c1-4(10(16)17)12-9(15)8-6(11)7(13-14-8)5-2-3-5/h4-5H,2-3H2,1H3,(H,12,15)(H,13,14)(H,16,17)/t4-/m1/s1. The third kappa shape index (κ3) is 2.49. The predicted octanol–water partition coefficient (Wildman–Crippen LogP) is 1.25. The summed E-state index contributed by atoms with van der Waals surface area (Å²) >= 11 is 3.32. The summed E-state index contributed by atoms with van der Waals surface area (Å²) in [4.78, 5) is 22.4. The molecule has 1 heterocycles. The summed E-state index contributed by atoms with van der Waals surface area (Å²) in [6, 6.07) is -0.935. The molecule has 17 heavy (non-hydrogen) atoms. The third-order valence-electron chi connectivity index (χ3n) is 2.65. The van der Waals surface area contributed by atoms with Crippen LogP contribution in [-0.4, -0.2) is 33.2 Å². The number of aliphatic carboxylic acids is 1. The first-order valence-electron chi connectivity index (χ1n) is 5.28. The van der Waals surface area contributed by atoms with Gasteiger partial charge in [0.05, 0.1) is 10.2 Å². The second-order valence-corrected chi connectivity index (χ2v) is 4.90. The fraction of sp³-hybridized carbons (Fsp3) is 0.500. The Labute approximate surface area is 106 Å². The van der Waals surface area contributed by atoms with Crippen molar-refractivity contribution in [1.82, 2.24) is 15.5 Å². The van der Waals surface area contributed by atoms with Crippen LogP contribution >= 0.6 is 15.9 Å². The zero-order valence-corrected chi connectivity index (χ0v) is 10.7. The summed E-state index contributed by atoms with van der Waals surface area (Å²) in [5, 5.41) is 17.8. The average Bonchev–Trinajstić information content (AvgIpc) is 3.02. The molecule has 1 aromatic heterocycles. The molecule has 7 heteroatoms. The van der Waals surface area contributed by atoms with E-state index in [2.05, 4.69) is 31.4 Å². The number of aromatic amines is 1. The summed E-state index contributed by atoms with van der Waals surface area (Å²) in [5.74, 6) is -1.13. The Kier molecular flexibility index (Phi) is 3.19. The average molecular weight is 302 g/mol. The summed E-state index contributed by atoms with van der Waals surface area (Å²) in [6.07, 6.45) is 2.18. The van der Waals surface area contributed by atoms with Gasteiger partial charge in [0, 0.05) is 5.92 Å². The first-order chi connectivity index (χ1) is 8.00. The fourth-order valence-corrected chi connectivity index (χ4v) is 2.14. The number of nitrogens with one attached hydrogen (secondary N) is 2. The molecule has 92 valence electrons. The zero-order chi connectivity index (χ0) is 12.6. The molecule has 1 aromatic rings. The Hall–Kier alpha value is -1.37. The molecular formula is C10H12BrN3O3. The lowest BCUT2D eigenvalue weighted by Crippen LogP contribution is -2.38. The Balaban J connectivity index is 2.11. The highest BCUT2D eigenvalue weighted by Crippen LogP contribution is 2.42. The molecule has 0 aliphatic heterocycles. The van der Waals surface area contributed by atoms with Crippen LogP contribution in [0.5, 0.6) is 0 Å². The smallest absolute Gasteiger partial charge is 0.325 e. The number of carbonyl (C=O) groups is 2. The predicted molar refractivity (Wildman–Crippen MR) is 62.8 cm³/mol. The van der Waals surface area contributed by atoms with Gasteiger partial charge in [0.25, 0.3) is 5.91 Å². The van der Waals surface area contributed by atoms with Gasteiger partial charge < -0.3 is 10.4 Å². The van der Waals surface area contributed by atoms with E-state index >= 15 is 0 Å². The van der Waals surface area contributed by atoms with E-state index < -0.39 is 17.9 Å². The first kappa shape index (κ1) is 12.1. The highest BCUT2D eigenvalue weighted by atomic mass is 79.9. The van der Waals surface area contributed by atoms with Crippen molar-refractivity contribution < 1.29 is 14.7 Å². The molecule has 0 aromatic carbocycles. The maximum Gasteiger partial charge on any atom is 0.325 e. The monoisotopic (exact) mass is 301 g/mol. The molecule has 1 atom stereocenters. The molecule has 1 fully saturated rings. The first-order valence-corrected chi connectivity index (χ1v) is 6.07. The van der Waals surface area contributed by atoms with E-state index in [1.807, 2.05) is 0 Å². The van der Waals surface area contributed by atoms with Gasteiger partial charge in [-0.25, -0.2) is 0 Å². The van der Waals surface area contributed by atoms with Crippen LogP contribution in [0, 0.1) is 0 Å². The second kappa shape index (κ2) is 4.48. The summed E-state index contributed by atoms with van der Waals surface area (Å²) in [7, 11) is 0. The van der Waals surface area contributed by atoms with Crippen molar-refractivity contribution >= 4 is 27.8 Å². The molecule has 0 bridgehead atoms. The lowest BCUT2D eigenvalue weighted by molar-refractivity contribution is -0.138. The lowest BCUT2D eigenvalue weighted by atomic mass is 10.2. The molecule has 0 saturated heterocycles. The van der Waals surface area contributed by atoms with Crippen molar-refractivity contribution in [2.45, 2.75) is 31.7 Å². The number of aromatic nitrogens is 2. The topological polar surface area (TPSA) is 95.1 Å². The second-order valence-electron chi connectivity index (χ2n) is 4.11. The molecule has 2 rings (SSSR count). The van der Waals surface area contributed by atoms with Crippen molar-refractivity contribution in [3.05, 3.63) is 15.9 Å². The van der Waals surface area contributed by atoms with Crippen LogP contribution in [0.1, 0.15) is 41.9 Å². The van der Waals surface area contributed by atoms with Gasteiger partial charge in [0.1, 0.15) is 6.04 Å². The molecule has 1 aliphatic rings. The molecule has 1 amide bonds. The number of halogens is 1. The van der Waals surface area contributed by atoms with Gasteiger partial charge in [-0.05, 0) is 35.7 Å². The van der Waals surface area contributed by atoms with E-state index in [-0.39, 0.29) is 5.69 Å². The maximum atomic E-state index is 11.7. The molecule has 0 unspecified atom stereocenters. The number of carboxylic acids is 1. The van der Waals surface area contributed by atoms with Gasteiger partial charge >= 0.3 is 5.97 Å². The quantitative estimate of drug-likeness (QED) is 0.780. The number of hydrogen-bond donors (Lipinski definition) is 3. The Morgan fingerprint density at radius 1 is 1.59 bits per heavy atom. The normalized spacial score (nSPS) is 16.6. The molecule has 0 spiro atoms. The van der Waals surface area contributed by atoms with Gasteiger partial charge in [-0.15, -0.1) is 0 Å². The third-order valence-corrected chi connectivity index (χ3v) is 3.45. The van der Waals surface area contributed by atoms with E-state index in [9.17, 15) is 9.59 Å². The fourth-order valence-electron chi connectivity index (χ4n) is 1.46. The van der Waals surface area contributed by atoms with E-state index in [0.717, 1.165) is 18.5 Å². The minimum atomic E-state index is -1.08. The summed E-state index contributed by atoms with van der Waals surface area (Å²) in [6.45, 7) is 1.41. The number of hydrogen-bond acceptors (Lipinski definition) is 3. The van der Waals surface area contributed by atoms with Crippen molar-refractivity contribution in [1.29, 1.82) is 0 Å². The van der Waals surface area contributed by atoms with Crippen molar-refractivity contribution in [2.75, 3.05) is 0 Å². The molecule has 1 saturated carbocycles. The molecule has 3 N–H and O–H groups in total. The van der Waals surface area contributed by atoms with E-state index in [1.165, 1.54) is 6.92 Å². The lowest BCUT2D eigenvalue weighted by Gasteiger charge is -2.07. The van der Waals surface area contributed by atoms with Gasteiger partial charge in [-0.3, -0.25) is 14.7 Å². The van der Waals surface area contributed by atoms with Gasteiger partial charge in [0.15, 0.2) is 5.69 Å². The van der Waals surface area contributed by atoms with Crippen LogP contribution in [0.2, 0.25) is 0 Å². The molecular weight excluding hydrogens is 290 g/mol. The highest BCUT2D eigenvalue weighted by Gasteiger charge is 2.30. The van der Waals surface area contributed by atoms with Crippen molar-refractivity contribution in [3.8, 4) is 0 Å². The van der Waals surface area contributed by atoms with Crippen LogP contribution in [0.15, 0.2) is 4.47 Å². The van der Waals surface area contributed by atoms with Gasteiger partial charge in [-0.1, -0.05) is 0 Å². The number of carbonyl (C=O) groups excluding carboxylic acids is 1. The van der Waals surface area contributed by atoms with Crippen molar-refractivity contribution in [2.24, 2.45) is 0 Å². The number of carboxylic acid groups (broad SMARTS) is 1. The van der Waals surface area contributed by atoms with Crippen LogP contribution in [0.25, 0.3) is 0 Å². The highest BCUT2D eigenvalue weighted by molar-refractivity contribution is 9.10. The largest absolute Gasteiger partial charge is 0.480 e. The Morgan fingerprint density at radius 3 is 2.76 bits per heavy atom. The van der Waals surface area contributed by atoms with Crippen LogP contribution in [0.3, 0.4) is 0 Å². The number of nitrogens with zero attached hydrogens (tertiary/aromatic N) is 1. The van der Waals surface area contributed by atoms with Crippen LogP contribution in [-0.2, 0) is 4.79 Å². The number of H-pyrrole nitrogens is 1. The zero-order valence-electron chi connectivity index (χ0n) is 9.16. The Morgan fingerprint density at radius 2 is 2.24 bits per heavy atom. The van der Waals surface area contributed by atoms with Gasteiger partial charge in [0.2, 0.25) is 0 Å². The van der Waals surface area contributed by atoms with E-state index in [4.69, 9.17) is 5.11 Å². The van der Waals surface area contributed by atoms with Crippen LogP contribution in [0.4, 0.5) is 0 Å². The SMILES string of the molecule is C[C@@H](NC(=O)c1n[nH]c(C2CC2)c1Br)C(=O)O. The van der Waals surface area contributed by atoms with Gasteiger partial charge in [-0.2, -0.15) is 5.10 Å². The van der Waals surface area contributed by atoms with Crippen molar-refractivity contribution in [3.63, 3.8) is 0 Å².